The maximum absolute atomic E-state index is 13.1. The van der Waals surface area contributed by atoms with Gasteiger partial charge in [-0.1, -0.05) is 25.0 Å². The lowest BCUT2D eigenvalue weighted by molar-refractivity contribution is -0.135. The molecular weight excluding hydrogens is 432 g/mol. The molecule has 0 N–H and O–H groups in total. The van der Waals surface area contributed by atoms with Gasteiger partial charge in [0.1, 0.15) is 6.04 Å². The van der Waals surface area contributed by atoms with E-state index in [0.717, 1.165) is 29.6 Å². The van der Waals surface area contributed by atoms with Gasteiger partial charge >= 0.3 is 0 Å². The maximum Gasteiger partial charge on any atom is 0.262 e. The molecule has 9 heteroatoms. The molecule has 1 aromatic carbocycles. The predicted octanol–water partition coefficient (Wildman–Crippen LogP) is 2.19. The van der Waals surface area contributed by atoms with Gasteiger partial charge in [0.2, 0.25) is 5.91 Å². The topological polar surface area (TPSA) is 90.0 Å². The Labute approximate surface area is 199 Å². The highest BCUT2D eigenvalue weighted by Gasteiger charge is 2.42. The van der Waals surface area contributed by atoms with E-state index in [4.69, 9.17) is 0 Å². The van der Waals surface area contributed by atoms with Gasteiger partial charge in [0, 0.05) is 39.3 Å². The van der Waals surface area contributed by atoms with Crippen LogP contribution in [0.25, 0.3) is 0 Å². The van der Waals surface area contributed by atoms with E-state index in [2.05, 4.69) is 20.0 Å². The van der Waals surface area contributed by atoms with E-state index >= 15 is 0 Å². The first-order valence-corrected chi connectivity index (χ1v) is 12.1. The first-order chi connectivity index (χ1) is 16.5. The summed E-state index contributed by atoms with van der Waals surface area (Å²) in [5.74, 6) is 0.713. The predicted molar refractivity (Wildman–Crippen MR) is 128 cm³/mol. The molecule has 1 atom stereocenters. The number of hydrogen-bond acceptors (Lipinski definition) is 7. The van der Waals surface area contributed by atoms with E-state index in [1.165, 1.54) is 25.7 Å². The highest BCUT2D eigenvalue weighted by atomic mass is 16.2. The van der Waals surface area contributed by atoms with Crippen LogP contribution in [0, 0.1) is 0 Å². The Morgan fingerprint density at radius 1 is 0.735 bits per heavy atom. The minimum atomic E-state index is -0.841. The van der Waals surface area contributed by atoms with Gasteiger partial charge in [-0.05, 0) is 44.0 Å². The number of rotatable bonds is 4. The molecule has 0 spiro atoms. The standard InChI is InChI=1S/C25H30N6O3/c1-18(31-24(33)19-8-4-5-9-20(19)25(31)34)23(32)30-16-14-29(15-17-30)22-11-10-21(26-27-22)28-12-6-2-3-7-13-28/h4-5,8-11,18H,2-3,6-7,12-17H2,1H3. The summed E-state index contributed by atoms with van der Waals surface area (Å²) in [6.45, 7) is 5.93. The molecule has 9 nitrogen and oxygen atoms in total. The van der Waals surface area contributed by atoms with Gasteiger partial charge in [-0.25, -0.2) is 0 Å². The molecule has 178 valence electrons. The number of fused-ring (bicyclic) bond motifs is 1. The molecule has 3 amide bonds. The largest absolute Gasteiger partial charge is 0.355 e. The van der Waals surface area contributed by atoms with E-state index in [9.17, 15) is 14.4 Å². The number of imide groups is 1. The number of aromatic nitrogens is 2. The fraction of sp³-hybridized carbons (Fsp3) is 0.480. The third kappa shape index (κ3) is 4.10. The van der Waals surface area contributed by atoms with Crippen molar-refractivity contribution >= 4 is 29.4 Å². The minimum Gasteiger partial charge on any atom is -0.355 e. The summed E-state index contributed by atoms with van der Waals surface area (Å²) >= 11 is 0. The second kappa shape index (κ2) is 9.40. The van der Waals surface area contributed by atoms with Gasteiger partial charge in [0.05, 0.1) is 11.1 Å². The second-order valence-corrected chi connectivity index (χ2v) is 9.17. The number of benzene rings is 1. The van der Waals surface area contributed by atoms with Crippen molar-refractivity contribution in [3.63, 3.8) is 0 Å². The van der Waals surface area contributed by atoms with Crippen LogP contribution in [0.5, 0.6) is 0 Å². The number of piperazine rings is 1. The minimum absolute atomic E-state index is 0.211. The van der Waals surface area contributed by atoms with Gasteiger partial charge in [-0.3, -0.25) is 19.3 Å². The number of nitrogens with zero attached hydrogens (tertiary/aromatic N) is 6. The Hall–Kier alpha value is -3.49. The molecule has 0 aliphatic carbocycles. The van der Waals surface area contributed by atoms with Crippen LogP contribution in [0.15, 0.2) is 36.4 Å². The Morgan fingerprint density at radius 2 is 1.24 bits per heavy atom. The number of carbonyl (C=O) groups excluding carboxylic acids is 3. The Bertz CT molecular complexity index is 1040. The zero-order valence-corrected chi connectivity index (χ0v) is 19.5. The maximum atomic E-state index is 13.1. The summed E-state index contributed by atoms with van der Waals surface area (Å²) in [6, 6.07) is 9.91. The Morgan fingerprint density at radius 3 is 1.74 bits per heavy atom. The van der Waals surface area contributed by atoms with Gasteiger partial charge in [0.15, 0.2) is 11.6 Å². The number of hydrogen-bond donors (Lipinski definition) is 0. The van der Waals surface area contributed by atoms with Crippen LogP contribution >= 0.6 is 0 Å². The van der Waals surface area contributed by atoms with Gasteiger partial charge in [-0.2, -0.15) is 0 Å². The van der Waals surface area contributed by atoms with Gasteiger partial charge < -0.3 is 14.7 Å². The van der Waals surface area contributed by atoms with Crippen LogP contribution in [0.2, 0.25) is 0 Å². The van der Waals surface area contributed by atoms with E-state index < -0.39 is 17.9 Å². The summed E-state index contributed by atoms with van der Waals surface area (Å²) in [5.41, 5.74) is 0.721. The number of carbonyl (C=O) groups is 3. The van der Waals surface area contributed by atoms with Crippen LogP contribution in [0.1, 0.15) is 53.3 Å². The first kappa shape index (κ1) is 22.3. The van der Waals surface area contributed by atoms with Crippen molar-refractivity contribution in [1.29, 1.82) is 0 Å². The molecule has 1 aromatic heterocycles. The average Bonchev–Trinajstić information content (AvgIpc) is 3.05. The van der Waals surface area contributed by atoms with Crippen molar-refractivity contribution in [2.45, 2.75) is 38.6 Å². The van der Waals surface area contributed by atoms with E-state index in [-0.39, 0.29) is 5.91 Å². The third-order valence-electron chi connectivity index (χ3n) is 7.05. The monoisotopic (exact) mass is 462 g/mol. The molecule has 3 aliphatic heterocycles. The molecule has 3 aliphatic rings. The van der Waals surface area contributed by atoms with Crippen molar-refractivity contribution in [1.82, 2.24) is 20.0 Å². The van der Waals surface area contributed by atoms with Gasteiger partial charge in [-0.15, -0.1) is 10.2 Å². The van der Waals surface area contributed by atoms with Crippen LogP contribution in [-0.4, -0.2) is 83.0 Å². The van der Waals surface area contributed by atoms with Crippen LogP contribution < -0.4 is 9.80 Å². The summed E-state index contributed by atoms with van der Waals surface area (Å²) in [7, 11) is 0. The summed E-state index contributed by atoms with van der Waals surface area (Å²) in [4.78, 5) is 45.9. The van der Waals surface area contributed by atoms with Crippen molar-refractivity contribution < 1.29 is 14.4 Å². The van der Waals surface area contributed by atoms with Crippen molar-refractivity contribution in [2.24, 2.45) is 0 Å². The molecular formula is C25H30N6O3. The lowest BCUT2D eigenvalue weighted by Crippen LogP contribution is -2.55. The molecule has 1 unspecified atom stereocenters. The third-order valence-corrected chi connectivity index (χ3v) is 7.05. The smallest absolute Gasteiger partial charge is 0.262 e. The highest BCUT2D eigenvalue weighted by Crippen LogP contribution is 2.26. The molecule has 2 aromatic rings. The lowest BCUT2D eigenvalue weighted by atomic mass is 10.1. The fourth-order valence-electron chi connectivity index (χ4n) is 5.05. The lowest BCUT2D eigenvalue weighted by Gasteiger charge is -2.37. The molecule has 2 fully saturated rings. The quantitative estimate of drug-likeness (QED) is 0.644. The molecule has 0 bridgehead atoms. The molecule has 0 saturated carbocycles. The molecule has 5 rings (SSSR count). The first-order valence-electron chi connectivity index (χ1n) is 12.1. The van der Waals surface area contributed by atoms with Crippen molar-refractivity contribution in [3.8, 4) is 0 Å². The molecule has 0 radical (unpaired) electrons. The molecule has 34 heavy (non-hydrogen) atoms. The number of anilines is 2. The molecule has 4 heterocycles. The summed E-state index contributed by atoms with van der Waals surface area (Å²) in [6.07, 6.45) is 4.93. The van der Waals surface area contributed by atoms with E-state index in [1.54, 1.807) is 36.1 Å². The SMILES string of the molecule is CC(C(=O)N1CCN(c2ccc(N3CCCCCC3)nn2)CC1)N1C(=O)c2ccccc2C1=O. The van der Waals surface area contributed by atoms with Crippen molar-refractivity contribution in [3.05, 3.63) is 47.5 Å². The Balaban J connectivity index is 1.19. The van der Waals surface area contributed by atoms with E-state index in [1.807, 2.05) is 12.1 Å². The van der Waals surface area contributed by atoms with Crippen molar-refractivity contribution in [2.75, 3.05) is 49.1 Å². The van der Waals surface area contributed by atoms with Crippen LogP contribution in [0.3, 0.4) is 0 Å². The van der Waals surface area contributed by atoms with Gasteiger partial charge in [0.25, 0.3) is 11.8 Å². The summed E-state index contributed by atoms with van der Waals surface area (Å²) < 4.78 is 0. The molecule has 2 saturated heterocycles. The summed E-state index contributed by atoms with van der Waals surface area (Å²) in [5, 5.41) is 8.91. The number of amides is 3. The van der Waals surface area contributed by atoms with Crippen LogP contribution in [0.4, 0.5) is 11.6 Å². The fourth-order valence-corrected chi connectivity index (χ4v) is 5.05. The Kier molecular flexibility index (Phi) is 6.17. The second-order valence-electron chi connectivity index (χ2n) is 9.17. The van der Waals surface area contributed by atoms with E-state index in [0.29, 0.717) is 37.3 Å². The zero-order valence-electron chi connectivity index (χ0n) is 19.5. The average molecular weight is 463 g/mol. The van der Waals surface area contributed by atoms with Crippen LogP contribution in [-0.2, 0) is 4.79 Å². The highest BCUT2D eigenvalue weighted by molar-refractivity contribution is 6.22. The normalized spacial score (nSPS) is 19.8. The zero-order chi connectivity index (χ0) is 23.7.